The van der Waals surface area contributed by atoms with Crippen LogP contribution in [0.4, 0.5) is 5.13 Å². The van der Waals surface area contributed by atoms with Crippen molar-refractivity contribution in [3.8, 4) is 5.75 Å². The number of hydrogen-bond acceptors (Lipinski definition) is 5. The van der Waals surface area contributed by atoms with Gasteiger partial charge in [0, 0.05) is 10.4 Å². The summed E-state index contributed by atoms with van der Waals surface area (Å²) in [6.07, 6.45) is 0. The molecule has 0 spiro atoms. The summed E-state index contributed by atoms with van der Waals surface area (Å²) < 4.78 is 5.85. The van der Waals surface area contributed by atoms with Crippen LogP contribution in [0.25, 0.3) is 0 Å². The maximum atomic E-state index is 12.3. The SMILES string of the molecule is Cc1cc(C)cc(OCc2csc(C(=O)Nc3nc(C)c(C)s3)c2)c1. The third-order valence-corrected chi connectivity index (χ3v) is 5.69. The van der Waals surface area contributed by atoms with Crippen LogP contribution >= 0.6 is 22.7 Å². The molecule has 3 aromatic rings. The highest BCUT2D eigenvalue weighted by Crippen LogP contribution is 2.24. The smallest absolute Gasteiger partial charge is 0.267 e. The van der Waals surface area contributed by atoms with Crippen LogP contribution in [0, 0.1) is 27.7 Å². The van der Waals surface area contributed by atoms with Crippen LogP contribution in [0.15, 0.2) is 29.6 Å². The molecule has 0 fully saturated rings. The van der Waals surface area contributed by atoms with Crippen LogP contribution in [0.5, 0.6) is 5.75 Å². The lowest BCUT2D eigenvalue weighted by molar-refractivity contribution is 0.103. The highest BCUT2D eigenvalue weighted by atomic mass is 32.1. The van der Waals surface area contributed by atoms with Crippen LogP contribution in [-0.2, 0) is 6.61 Å². The molecule has 0 aliphatic rings. The molecular formula is C19H20N2O2S2. The van der Waals surface area contributed by atoms with Gasteiger partial charge in [0.1, 0.15) is 12.4 Å². The molecule has 0 bridgehead atoms. The Bertz CT molecular complexity index is 872. The molecule has 0 atom stereocenters. The number of rotatable bonds is 5. The van der Waals surface area contributed by atoms with Crippen LogP contribution in [0.1, 0.15) is 36.9 Å². The first-order chi connectivity index (χ1) is 11.9. The second-order valence-corrected chi connectivity index (χ2v) is 8.16. The van der Waals surface area contributed by atoms with Crippen molar-refractivity contribution in [2.75, 3.05) is 5.32 Å². The predicted octanol–water partition coefficient (Wildman–Crippen LogP) is 5.27. The Morgan fingerprint density at radius 2 is 1.84 bits per heavy atom. The van der Waals surface area contributed by atoms with Gasteiger partial charge >= 0.3 is 0 Å². The number of hydrogen-bond donors (Lipinski definition) is 1. The fraction of sp³-hybridized carbons (Fsp3) is 0.263. The van der Waals surface area contributed by atoms with Gasteiger partial charge in [-0.25, -0.2) is 4.98 Å². The Labute approximate surface area is 155 Å². The number of aromatic nitrogens is 1. The Balaban J connectivity index is 1.62. The summed E-state index contributed by atoms with van der Waals surface area (Å²) in [7, 11) is 0. The van der Waals surface area contributed by atoms with E-state index in [0.717, 1.165) is 21.9 Å². The zero-order valence-electron chi connectivity index (χ0n) is 14.7. The van der Waals surface area contributed by atoms with Gasteiger partial charge in [0.25, 0.3) is 5.91 Å². The number of thiophene rings is 1. The summed E-state index contributed by atoms with van der Waals surface area (Å²) in [5, 5.41) is 5.45. The minimum atomic E-state index is -0.128. The van der Waals surface area contributed by atoms with E-state index in [4.69, 9.17) is 4.74 Å². The van der Waals surface area contributed by atoms with E-state index in [1.807, 2.05) is 37.4 Å². The average molecular weight is 373 g/mol. The molecule has 0 aliphatic carbocycles. The topological polar surface area (TPSA) is 51.2 Å². The van der Waals surface area contributed by atoms with Crippen molar-refractivity contribution < 1.29 is 9.53 Å². The number of ether oxygens (including phenoxy) is 1. The molecule has 3 rings (SSSR count). The first kappa shape index (κ1) is 17.6. The number of carbonyl (C=O) groups is 1. The van der Waals surface area contributed by atoms with E-state index in [0.29, 0.717) is 16.6 Å². The van der Waals surface area contributed by atoms with E-state index in [-0.39, 0.29) is 5.91 Å². The highest BCUT2D eigenvalue weighted by Gasteiger charge is 2.13. The van der Waals surface area contributed by atoms with E-state index in [2.05, 4.69) is 30.2 Å². The van der Waals surface area contributed by atoms with Crippen LogP contribution in [0.2, 0.25) is 0 Å². The largest absolute Gasteiger partial charge is 0.489 e. The summed E-state index contributed by atoms with van der Waals surface area (Å²) in [5.74, 6) is 0.722. The number of carbonyl (C=O) groups excluding carboxylic acids is 1. The van der Waals surface area contributed by atoms with E-state index in [1.165, 1.54) is 33.8 Å². The molecule has 6 heteroatoms. The Morgan fingerprint density at radius 3 is 2.48 bits per heavy atom. The summed E-state index contributed by atoms with van der Waals surface area (Å²) in [4.78, 5) is 18.4. The third-order valence-electron chi connectivity index (χ3n) is 3.73. The lowest BCUT2D eigenvalue weighted by Crippen LogP contribution is -2.09. The van der Waals surface area contributed by atoms with Crippen molar-refractivity contribution >= 4 is 33.7 Å². The van der Waals surface area contributed by atoms with Gasteiger partial charge in [-0.1, -0.05) is 6.07 Å². The monoisotopic (exact) mass is 372 g/mol. The number of benzene rings is 1. The van der Waals surface area contributed by atoms with Crippen molar-refractivity contribution in [3.63, 3.8) is 0 Å². The predicted molar refractivity (Wildman–Crippen MR) is 104 cm³/mol. The van der Waals surface area contributed by atoms with Crippen molar-refractivity contribution in [2.45, 2.75) is 34.3 Å². The van der Waals surface area contributed by atoms with Gasteiger partial charge < -0.3 is 4.74 Å². The van der Waals surface area contributed by atoms with Crippen molar-refractivity contribution in [1.82, 2.24) is 4.98 Å². The normalized spacial score (nSPS) is 10.7. The molecule has 0 radical (unpaired) electrons. The Morgan fingerprint density at radius 1 is 1.12 bits per heavy atom. The second kappa shape index (κ2) is 7.37. The number of amides is 1. The van der Waals surface area contributed by atoms with Crippen LogP contribution in [0.3, 0.4) is 0 Å². The molecule has 4 nitrogen and oxygen atoms in total. The molecule has 0 aliphatic heterocycles. The number of aryl methyl sites for hydroxylation is 4. The number of nitrogens with zero attached hydrogens (tertiary/aromatic N) is 1. The minimum Gasteiger partial charge on any atom is -0.489 e. The van der Waals surface area contributed by atoms with Gasteiger partial charge in [-0.05, 0) is 62.4 Å². The molecule has 2 heterocycles. The lowest BCUT2D eigenvalue weighted by atomic mass is 10.1. The quantitative estimate of drug-likeness (QED) is 0.664. The molecule has 0 saturated heterocycles. The fourth-order valence-corrected chi connectivity index (χ4v) is 4.04. The molecule has 0 saturated carbocycles. The lowest BCUT2D eigenvalue weighted by Gasteiger charge is -2.07. The van der Waals surface area contributed by atoms with Crippen molar-refractivity contribution in [1.29, 1.82) is 0 Å². The summed E-state index contributed by atoms with van der Waals surface area (Å²) in [6, 6.07) is 8.01. The van der Waals surface area contributed by atoms with Gasteiger partial charge in [-0.15, -0.1) is 22.7 Å². The van der Waals surface area contributed by atoms with E-state index < -0.39 is 0 Å². The number of thiazole rings is 1. The number of anilines is 1. The van der Waals surface area contributed by atoms with E-state index >= 15 is 0 Å². The molecule has 25 heavy (non-hydrogen) atoms. The molecule has 1 amide bonds. The van der Waals surface area contributed by atoms with Gasteiger partial charge in [0.2, 0.25) is 0 Å². The van der Waals surface area contributed by atoms with Gasteiger partial charge in [-0.3, -0.25) is 10.1 Å². The highest BCUT2D eigenvalue weighted by molar-refractivity contribution is 7.16. The standard InChI is InChI=1S/C19H20N2O2S2/c1-11-5-12(2)7-16(6-11)23-9-15-8-17(24-10-15)18(22)21-19-20-13(3)14(4)25-19/h5-8,10H,9H2,1-4H3,(H,20,21,22). The average Bonchev–Trinajstić information content (AvgIpc) is 3.12. The first-order valence-electron chi connectivity index (χ1n) is 7.94. The minimum absolute atomic E-state index is 0.128. The Kier molecular flexibility index (Phi) is 5.20. The van der Waals surface area contributed by atoms with Gasteiger partial charge in [0.05, 0.1) is 10.6 Å². The fourth-order valence-electron chi connectivity index (χ4n) is 2.44. The van der Waals surface area contributed by atoms with Crippen molar-refractivity contribution in [3.05, 3.63) is 61.8 Å². The summed E-state index contributed by atoms with van der Waals surface area (Å²) >= 11 is 2.91. The molecule has 1 aromatic carbocycles. The Hall–Kier alpha value is -2.18. The third kappa shape index (κ3) is 4.46. The number of nitrogens with one attached hydrogen (secondary N) is 1. The zero-order chi connectivity index (χ0) is 18.0. The van der Waals surface area contributed by atoms with Crippen LogP contribution in [-0.4, -0.2) is 10.9 Å². The van der Waals surface area contributed by atoms with E-state index in [9.17, 15) is 4.79 Å². The summed E-state index contributed by atoms with van der Waals surface area (Å²) in [6.45, 7) is 8.48. The molecule has 130 valence electrons. The summed E-state index contributed by atoms with van der Waals surface area (Å²) in [5.41, 5.74) is 4.29. The molecule has 1 N–H and O–H groups in total. The van der Waals surface area contributed by atoms with Gasteiger partial charge in [-0.2, -0.15) is 0 Å². The van der Waals surface area contributed by atoms with Gasteiger partial charge in [0.15, 0.2) is 5.13 Å². The molecule has 2 aromatic heterocycles. The first-order valence-corrected chi connectivity index (χ1v) is 9.64. The maximum Gasteiger partial charge on any atom is 0.267 e. The molecule has 0 unspecified atom stereocenters. The van der Waals surface area contributed by atoms with E-state index in [1.54, 1.807) is 0 Å². The zero-order valence-corrected chi connectivity index (χ0v) is 16.3. The second-order valence-electron chi connectivity index (χ2n) is 6.05. The van der Waals surface area contributed by atoms with Crippen molar-refractivity contribution in [2.24, 2.45) is 0 Å². The maximum absolute atomic E-state index is 12.3. The van der Waals surface area contributed by atoms with Crippen LogP contribution < -0.4 is 10.1 Å². The molecular weight excluding hydrogens is 352 g/mol.